The van der Waals surface area contributed by atoms with Crippen LogP contribution in [0.5, 0.6) is 0 Å². The molecule has 12 rings (SSSR count). The molecule has 0 N–H and O–H groups in total. The van der Waals surface area contributed by atoms with E-state index in [1.165, 1.54) is 236 Å². The first-order valence-corrected chi connectivity index (χ1v) is 37.7. The van der Waals surface area contributed by atoms with Crippen LogP contribution in [0.25, 0.3) is 102 Å². The van der Waals surface area contributed by atoms with Crippen LogP contribution in [0.2, 0.25) is 0 Å². The SMILES string of the molecule is CCCCC(CC)Cc1cc2sc(-c3ccc(-c4cc5c(s4)-c4sc6cc(-c7ccc(-c8cc9sc(CC(CC)CCCC)cc9s8)c8nsnc78)sc6c4C5(CC(CC)CCCC)CC(CC)CCCC)c4nsnc34)cc2s1. The summed E-state index contributed by atoms with van der Waals surface area (Å²) < 4.78 is 28.9. The minimum Gasteiger partial charge on any atom is -0.172 e. The highest BCUT2D eigenvalue weighted by atomic mass is 32.1. The van der Waals surface area contributed by atoms with Crippen LogP contribution in [-0.4, -0.2) is 17.5 Å². The molecule has 0 spiro atoms. The van der Waals surface area contributed by atoms with Gasteiger partial charge in [0.25, 0.3) is 0 Å². The normalized spacial score (nSPS) is 16.1. The zero-order chi connectivity index (χ0) is 55.1. The molecule has 0 saturated heterocycles. The van der Waals surface area contributed by atoms with Gasteiger partial charge in [0.2, 0.25) is 0 Å². The molecule has 0 radical (unpaired) electrons. The van der Waals surface area contributed by atoms with E-state index in [1.807, 2.05) is 68.0 Å². The van der Waals surface area contributed by atoms with Crippen molar-refractivity contribution in [3.8, 4) is 51.5 Å². The van der Waals surface area contributed by atoms with E-state index in [2.05, 4.69) is 127 Å². The summed E-state index contributed by atoms with van der Waals surface area (Å²) in [5.41, 5.74) is 12.3. The lowest BCUT2D eigenvalue weighted by Crippen LogP contribution is -2.31. The number of hydrogen-bond acceptors (Lipinski definition) is 13. The van der Waals surface area contributed by atoms with Crippen molar-refractivity contribution in [3.63, 3.8) is 0 Å². The molecule has 9 heterocycles. The fourth-order valence-corrected chi connectivity index (χ4v) is 24.0. The lowest BCUT2D eigenvalue weighted by molar-refractivity contribution is 0.268. The van der Waals surface area contributed by atoms with Gasteiger partial charge in [-0.3, -0.25) is 0 Å². The maximum absolute atomic E-state index is 5.13. The van der Waals surface area contributed by atoms with Crippen molar-refractivity contribution in [2.45, 2.75) is 189 Å². The Morgan fingerprint density at radius 1 is 0.388 bits per heavy atom. The quantitative estimate of drug-likeness (QED) is 0.0490. The molecule has 1 aliphatic carbocycles. The van der Waals surface area contributed by atoms with Gasteiger partial charge in [0.15, 0.2) is 0 Å². The topological polar surface area (TPSA) is 51.6 Å². The van der Waals surface area contributed by atoms with E-state index < -0.39 is 0 Å². The Morgan fingerprint density at radius 3 is 1.19 bits per heavy atom. The van der Waals surface area contributed by atoms with E-state index in [4.69, 9.17) is 17.5 Å². The fraction of sp³-hybridized carbons (Fsp3) is 0.493. The molecule has 13 heteroatoms. The number of unbranched alkanes of at least 4 members (excludes halogenated alkanes) is 4. The van der Waals surface area contributed by atoms with E-state index >= 15 is 0 Å². The lowest BCUT2D eigenvalue weighted by atomic mass is 9.65. The Hall–Kier alpha value is -3.24. The van der Waals surface area contributed by atoms with Gasteiger partial charge in [-0.15, -0.1) is 79.4 Å². The number of nitrogens with zero attached hydrogens (tertiary/aromatic N) is 4. The summed E-state index contributed by atoms with van der Waals surface area (Å²) in [5, 5.41) is 0. The van der Waals surface area contributed by atoms with Gasteiger partial charge in [0.05, 0.1) is 33.0 Å². The molecule has 9 aromatic heterocycles. The molecule has 0 amide bonds. The zero-order valence-electron chi connectivity index (χ0n) is 48.2. The molecule has 420 valence electrons. The Bertz CT molecular complexity index is 3790. The van der Waals surface area contributed by atoms with Crippen molar-refractivity contribution >= 4 is 153 Å². The van der Waals surface area contributed by atoms with Gasteiger partial charge in [-0.25, -0.2) is 0 Å². The van der Waals surface area contributed by atoms with Crippen molar-refractivity contribution in [3.05, 3.63) is 81.5 Å². The Morgan fingerprint density at radius 2 is 0.775 bits per heavy atom. The van der Waals surface area contributed by atoms with Crippen LogP contribution in [0.15, 0.2) is 60.7 Å². The molecule has 4 unspecified atom stereocenters. The van der Waals surface area contributed by atoms with Crippen molar-refractivity contribution in [1.29, 1.82) is 0 Å². The summed E-state index contributed by atoms with van der Waals surface area (Å²) in [6.45, 7) is 19.0. The van der Waals surface area contributed by atoms with Crippen LogP contribution in [0, 0.1) is 23.7 Å². The van der Waals surface area contributed by atoms with Crippen molar-refractivity contribution in [2.75, 3.05) is 0 Å². The monoisotopic (exact) mass is 1230 g/mol. The summed E-state index contributed by atoms with van der Waals surface area (Å²) in [7, 11) is 0. The van der Waals surface area contributed by atoms with Crippen LogP contribution in [-0.2, 0) is 18.3 Å². The first kappa shape index (κ1) is 57.2. The van der Waals surface area contributed by atoms with E-state index in [9.17, 15) is 0 Å². The number of hydrogen-bond donors (Lipinski definition) is 0. The molecule has 4 atom stereocenters. The first-order chi connectivity index (χ1) is 39.2. The molecule has 80 heavy (non-hydrogen) atoms. The fourth-order valence-electron chi connectivity index (χ4n) is 13.4. The predicted molar refractivity (Wildman–Crippen MR) is 364 cm³/mol. The van der Waals surface area contributed by atoms with Gasteiger partial charge in [-0.2, -0.15) is 17.5 Å². The van der Waals surface area contributed by atoms with E-state index in [0.717, 1.165) is 33.9 Å². The summed E-state index contributed by atoms with van der Waals surface area (Å²) in [6.07, 6.45) is 25.3. The molecule has 4 nitrogen and oxygen atoms in total. The van der Waals surface area contributed by atoms with Crippen molar-refractivity contribution in [2.24, 2.45) is 23.7 Å². The van der Waals surface area contributed by atoms with E-state index in [-0.39, 0.29) is 5.41 Å². The molecule has 1 aliphatic rings. The third-order valence-corrected chi connectivity index (χ3v) is 27.7. The second-order valence-electron chi connectivity index (χ2n) is 23.4. The summed E-state index contributed by atoms with van der Waals surface area (Å²) in [4.78, 5) is 11.4. The maximum atomic E-state index is 5.13. The van der Waals surface area contributed by atoms with Gasteiger partial charge in [0.1, 0.15) is 22.1 Å². The van der Waals surface area contributed by atoms with Gasteiger partial charge < -0.3 is 0 Å². The molecule has 0 bridgehead atoms. The second-order valence-corrected chi connectivity index (χ2v) is 32.1. The van der Waals surface area contributed by atoms with Crippen LogP contribution in [0.4, 0.5) is 0 Å². The van der Waals surface area contributed by atoms with E-state index in [0.29, 0.717) is 11.8 Å². The Balaban J connectivity index is 0.924. The van der Waals surface area contributed by atoms with Gasteiger partial charge in [-0.1, -0.05) is 182 Å². The van der Waals surface area contributed by atoms with Gasteiger partial charge in [0, 0.05) is 90.9 Å². The standard InChI is InChI=1S/C67H78N4S9/c1-9-17-21-39(13-5)29-43-31-54-56(72-43)34-51(74-54)46-26-25-45(60-61(46)69-79-68-60)50-33-49-64(76-50)66-59(67(49,37-41(15-7)23-19-11-3)38-42(16-8)24-20-12-4)65-58(78-66)36-53(77-65)48-28-27-47(62-63(48)71-80-70-62)52-35-57-55(75-52)32-44(73-57)30-40(14-6)22-18-10-2/h25-28,31-36,39-42H,9-24,29-30,37-38H2,1-8H3. The largest absolute Gasteiger partial charge is 0.172 e. The molecule has 0 fully saturated rings. The summed E-state index contributed by atoms with van der Waals surface area (Å²) in [5.74, 6) is 2.87. The number of benzene rings is 2. The third-order valence-electron chi connectivity index (χ3n) is 18.1. The third kappa shape index (κ3) is 10.9. The Kier molecular flexibility index (Phi) is 18.0. The zero-order valence-corrected chi connectivity index (χ0v) is 55.5. The lowest BCUT2D eigenvalue weighted by Gasteiger charge is -2.38. The van der Waals surface area contributed by atoms with Gasteiger partial charge in [-0.05, 0) is 91.3 Å². The highest BCUT2D eigenvalue weighted by molar-refractivity contribution is 7.33. The number of thiophene rings is 7. The number of fused-ring (bicyclic) bond motifs is 9. The minimum absolute atomic E-state index is 0.0725. The summed E-state index contributed by atoms with van der Waals surface area (Å²) >= 11 is 16.7. The van der Waals surface area contributed by atoms with Crippen molar-refractivity contribution < 1.29 is 0 Å². The maximum Gasteiger partial charge on any atom is 0.114 e. The summed E-state index contributed by atoms with van der Waals surface area (Å²) in [6, 6.07) is 24.5. The first-order valence-electron chi connectivity index (χ1n) is 30.5. The molecule has 11 aromatic rings. The minimum atomic E-state index is -0.0725. The van der Waals surface area contributed by atoms with Crippen LogP contribution >= 0.6 is 103 Å². The molecule has 0 aliphatic heterocycles. The molecule has 0 saturated carbocycles. The van der Waals surface area contributed by atoms with Crippen LogP contribution < -0.4 is 0 Å². The Labute approximate surface area is 511 Å². The predicted octanol–water partition coefficient (Wildman–Crippen LogP) is 25.3. The molecular weight excluding hydrogens is 1150 g/mol. The van der Waals surface area contributed by atoms with Crippen LogP contribution in [0.1, 0.15) is 192 Å². The highest BCUT2D eigenvalue weighted by Crippen LogP contribution is 2.65. The smallest absolute Gasteiger partial charge is 0.114 e. The average Bonchev–Trinajstić information content (AvgIpc) is 4.51. The van der Waals surface area contributed by atoms with Gasteiger partial charge >= 0.3 is 0 Å². The van der Waals surface area contributed by atoms with Crippen LogP contribution in [0.3, 0.4) is 0 Å². The highest BCUT2D eigenvalue weighted by Gasteiger charge is 2.49. The molecular formula is C67H78N4S9. The van der Waals surface area contributed by atoms with E-state index in [1.54, 1.807) is 16.0 Å². The number of rotatable bonds is 28. The second kappa shape index (κ2) is 25.1. The number of aromatic nitrogens is 4. The van der Waals surface area contributed by atoms with Crippen molar-refractivity contribution in [1.82, 2.24) is 17.5 Å². The average molecular weight is 1230 g/mol. The molecule has 2 aromatic carbocycles.